The van der Waals surface area contributed by atoms with Gasteiger partial charge in [0.2, 0.25) is 0 Å². The summed E-state index contributed by atoms with van der Waals surface area (Å²) in [5.74, 6) is -1.76. The van der Waals surface area contributed by atoms with Gasteiger partial charge in [0.25, 0.3) is 0 Å². The molecule has 2 aromatic carbocycles. The van der Waals surface area contributed by atoms with Gasteiger partial charge in [-0.05, 0) is 23.8 Å². The van der Waals surface area contributed by atoms with Crippen LogP contribution in [-0.2, 0) is 0 Å². The predicted octanol–water partition coefficient (Wildman–Crippen LogP) is 3.35. The second-order valence-corrected chi connectivity index (χ2v) is 3.36. The van der Waals surface area contributed by atoms with Crippen LogP contribution in [0.1, 0.15) is 0 Å². The van der Waals surface area contributed by atoms with Crippen molar-refractivity contribution >= 4 is 5.69 Å². The van der Waals surface area contributed by atoms with Gasteiger partial charge >= 0.3 is 0 Å². The van der Waals surface area contributed by atoms with Crippen LogP contribution in [0.2, 0.25) is 0 Å². The SMILES string of the molecule is Nc1cc(F)c(-c2ccc(F)cc2)cc1F. The van der Waals surface area contributed by atoms with Gasteiger partial charge in [0, 0.05) is 11.6 Å². The molecule has 0 atom stereocenters. The fraction of sp³-hybridized carbons (Fsp3) is 0. The number of nitrogen functional groups attached to an aromatic ring is 1. The normalized spacial score (nSPS) is 10.4. The summed E-state index contributed by atoms with van der Waals surface area (Å²) in [5.41, 5.74) is 5.43. The molecule has 0 aliphatic heterocycles. The topological polar surface area (TPSA) is 26.0 Å². The first kappa shape index (κ1) is 10.5. The Kier molecular flexibility index (Phi) is 2.56. The van der Waals surface area contributed by atoms with Crippen molar-refractivity contribution in [3.05, 3.63) is 53.8 Å². The zero-order chi connectivity index (χ0) is 11.7. The summed E-state index contributed by atoms with van der Waals surface area (Å²) >= 11 is 0. The van der Waals surface area contributed by atoms with E-state index in [2.05, 4.69) is 0 Å². The lowest BCUT2D eigenvalue weighted by molar-refractivity contribution is 0.607. The van der Waals surface area contributed by atoms with Gasteiger partial charge < -0.3 is 5.73 Å². The van der Waals surface area contributed by atoms with Crippen molar-refractivity contribution in [2.45, 2.75) is 0 Å². The molecule has 4 heteroatoms. The van der Waals surface area contributed by atoms with Crippen LogP contribution < -0.4 is 5.73 Å². The maximum atomic E-state index is 13.5. The maximum absolute atomic E-state index is 13.5. The average Bonchev–Trinajstić information content (AvgIpc) is 2.25. The molecule has 0 heterocycles. The molecule has 0 spiro atoms. The third-order valence-corrected chi connectivity index (χ3v) is 2.24. The minimum absolute atomic E-state index is 0.0618. The molecule has 2 rings (SSSR count). The fourth-order valence-electron chi connectivity index (χ4n) is 1.41. The van der Waals surface area contributed by atoms with Crippen LogP contribution in [0.3, 0.4) is 0 Å². The zero-order valence-electron chi connectivity index (χ0n) is 8.18. The quantitative estimate of drug-likeness (QED) is 0.737. The standard InChI is InChI=1S/C12H8F3N/c13-8-3-1-7(2-4-8)9-5-11(15)12(16)6-10(9)14/h1-6H,16H2. The van der Waals surface area contributed by atoms with E-state index in [0.717, 1.165) is 12.1 Å². The number of benzene rings is 2. The molecule has 0 radical (unpaired) electrons. The molecule has 82 valence electrons. The second kappa shape index (κ2) is 3.89. The van der Waals surface area contributed by atoms with E-state index < -0.39 is 17.5 Å². The minimum atomic E-state index is -0.694. The van der Waals surface area contributed by atoms with Crippen LogP contribution in [-0.4, -0.2) is 0 Å². The number of halogens is 3. The Balaban J connectivity index is 2.56. The lowest BCUT2D eigenvalue weighted by Crippen LogP contribution is -1.94. The number of nitrogens with two attached hydrogens (primary N) is 1. The summed E-state index contributed by atoms with van der Waals surface area (Å²) in [6.07, 6.45) is 0. The van der Waals surface area contributed by atoms with Crippen LogP contribution in [0.4, 0.5) is 18.9 Å². The van der Waals surface area contributed by atoms with Crippen molar-refractivity contribution in [1.29, 1.82) is 0 Å². The van der Waals surface area contributed by atoms with E-state index in [1.54, 1.807) is 0 Å². The molecule has 0 unspecified atom stereocenters. The summed E-state index contributed by atoms with van der Waals surface area (Å²) in [6, 6.07) is 7.03. The van der Waals surface area contributed by atoms with E-state index in [0.29, 0.717) is 5.56 Å². The van der Waals surface area contributed by atoms with Gasteiger partial charge in [0.05, 0.1) is 5.69 Å². The lowest BCUT2D eigenvalue weighted by atomic mass is 10.0. The number of anilines is 1. The highest BCUT2D eigenvalue weighted by atomic mass is 19.1. The Morgan fingerprint density at radius 3 is 2.06 bits per heavy atom. The van der Waals surface area contributed by atoms with E-state index in [4.69, 9.17) is 5.73 Å². The van der Waals surface area contributed by atoms with Crippen LogP contribution >= 0.6 is 0 Å². The molecule has 0 saturated heterocycles. The highest BCUT2D eigenvalue weighted by molar-refractivity contribution is 5.66. The lowest BCUT2D eigenvalue weighted by Gasteiger charge is -2.05. The van der Waals surface area contributed by atoms with Gasteiger partial charge in [-0.3, -0.25) is 0 Å². The van der Waals surface area contributed by atoms with Crippen molar-refractivity contribution in [2.75, 3.05) is 5.73 Å². The summed E-state index contributed by atoms with van der Waals surface area (Å²) < 4.78 is 39.3. The smallest absolute Gasteiger partial charge is 0.146 e. The predicted molar refractivity (Wildman–Crippen MR) is 56.2 cm³/mol. The highest BCUT2D eigenvalue weighted by Crippen LogP contribution is 2.26. The van der Waals surface area contributed by atoms with Crippen LogP contribution in [0.15, 0.2) is 36.4 Å². The van der Waals surface area contributed by atoms with E-state index in [-0.39, 0.29) is 11.3 Å². The largest absolute Gasteiger partial charge is 0.396 e. The zero-order valence-corrected chi connectivity index (χ0v) is 8.18. The van der Waals surface area contributed by atoms with Gasteiger partial charge in [-0.25, -0.2) is 13.2 Å². The molecule has 0 bridgehead atoms. The van der Waals surface area contributed by atoms with E-state index in [1.807, 2.05) is 0 Å². The Morgan fingerprint density at radius 1 is 0.812 bits per heavy atom. The molecule has 0 amide bonds. The summed E-state index contributed by atoms with van der Waals surface area (Å²) in [6.45, 7) is 0. The van der Waals surface area contributed by atoms with Gasteiger partial charge in [-0.15, -0.1) is 0 Å². The number of rotatable bonds is 1. The fourth-order valence-corrected chi connectivity index (χ4v) is 1.41. The molecule has 1 nitrogen and oxygen atoms in total. The molecule has 0 aliphatic rings. The Bertz CT molecular complexity index is 521. The van der Waals surface area contributed by atoms with Crippen molar-refractivity contribution in [3.8, 4) is 11.1 Å². The first-order valence-corrected chi connectivity index (χ1v) is 4.58. The van der Waals surface area contributed by atoms with Crippen LogP contribution in [0.5, 0.6) is 0 Å². The molecule has 0 fully saturated rings. The Morgan fingerprint density at radius 2 is 1.44 bits per heavy atom. The third-order valence-electron chi connectivity index (χ3n) is 2.24. The monoisotopic (exact) mass is 223 g/mol. The Hall–Kier alpha value is -1.97. The number of hydrogen-bond donors (Lipinski definition) is 1. The van der Waals surface area contributed by atoms with Crippen molar-refractivity contribution in [2.24, 2.45) is 0 Å². The molecule has 0 aliphatic carbocycles. The summed E-state index contributed by atoms with van der Waals surface area (Å²) in [5, 5.41) is 0. The minimum Gasteiger partial charge on any atom is -0.396 e. The molecule has 2 N–H and O–H groups in total. The average molecular weight is 223 g/mol. The molecule has 2 aromatic rings. The third kappa shape index (κ3) is 1.86. The molecular formula is C12H8F3N. The molecule has 0 aromatic heterocycles. The van der Waals surface area contributed by atoms with Crippen molar-refractivity contribution < 1.29 is 13.2 Å². The highest BCUT2D eigenvalue weighted by Gasteiger charge is 2.09. The van der Waals surface area contributed by atoms with Gasteiger partial charge in [0.15, 0.2) is 0 Å². The van der Waals surface area contributed by atoms with Crippen molar-refractivity contribution in [1.82, 2.24) is 0 Å². The van der Waals surface area contributed by atoms with Gasteiger partial charge in [-0.2, -0.15) is 0 Å². The van der Waals surface area contributed by atoms with Gasteiger partial charge in [-0.1, -0.05) is 12.1 Å². The van der Waals surface area contributed by atoms with Crippen LogP contribution in [0.25, 0.3) is 11.1 Å². The van der Waals surface area contributed by atoms with Gasteiger partial charge in [0.1, 0.15) is 17.5 Å². The summed E-state index contributed by atoms with van der Waals surface area (Å²) in [4.78, 5) is 0. The van der Waals surface area contributed by atoms with E-state index in [1.165, 1.54) is 24.3 Å². The summed E-state index contributed by atoms with van der Waals surface area (Å²) in [7, 11) is 0. The maximum Gasteiger partial charge on any atom is 0.146 e. The van der Waals surface area contributed by atoms with Crippen molar-refractivity contribution in [3.63, 3.8) is 0 Å². The molecular weight excluding hydrogens is 215 g/mol. The second-order valence-electron chi connectivity index (χ2n) is 3.36. The van der Waals surface area contributed by atoms with E-state index in [9.17, 15) is 13.2 Å². The molecule has 0 saturated carbocycles. The van der Waals surface area contributed by atoms with Crippen LogP contribution in [0, 0.1) is 17.5 Å². The molecule has 16 heavy (non-hydrogen) atoms. The number of hydrogen-bond acceptors (Lipinski definition) is 1. The first-order chi connectivity index (χ1) is 7.58. The van der Waals surface area contributed by atoms with E-state index >= 15 is 0 Å². The first-order valence-electron chi connectivity index (χ1n) is 4.58. The Labute approximate surface area is 90.3 Å².